The van der Waals surface area contributed by atoms with Gasteiger partial charge in [0.2, 0.25) is 0 Å². The number of hydrogen-bond donors (Lipinski definition) is 0. The zero-order valence-electron chi connectivity index (χ0n) is 10.9. The first-order chi connectivity index (χ1) is 8.78. The molecule has 0 aliphatic carbocycles. The van der Waals surface area contributed by atoms with Gasteiger partial charge in [0.15, 0.2) is 0 Å². The van der Waals surface area contributed by atoms with Gasteiger partial charge in [-0.2, -0.15) is 13.2 Å². The standard InChI is InChI=1S/C14H16F3NS/c1-13(2,19-14(15,16)17)12-9-8-11(18-12)10-6-4-3-5-7-10/h3-7,12H,8-9H2,1-2H3. The number of aliphatic imine (C=N–C) groups is 1. The summed E-state index contributed by atoms with van der Waals surface area (Å²) < 4.78 is 36.7. The van der Waals surface area contributed by atoms with E-state index in [2.05, 4.69) is 4.99 Å². The minimum atomic E-state index is -4.21. The van der Waals surface area contributed by atoms with Crippen LogP contribution in [-0.4, -0.2) is 22.0 Å². The molecule has 19 heavy (non-hydrogen) atoms. The summed E-state index contributed by atoms with van der Waals surface area (Å²) in [4.78, 5) is 4.51. The van der Waals surface area contributed by atoms with Crippen molar-refractivity contribution in [3.8, 4) is 0 Å². The second-order valence-corrected chi connectivity index (χ2v) is 6.87. The second-order valence-electron chi connectivity index (χ2n) is 5.15. The number of rotatable bonds is 3. The Bertz CT molecular complexity index is 465. The molecular weight excluding hydrogens is 271 g/mol. The van der Waals surface area contributed by atoms with Crippen LogP contribution in [0, 0.1) is 0 Å². The van der Waals surface area contributed by atoms with Crippen LogP contribution in [0.2, 0.25) is 0 Å². The second kappa shape index (κ2) is 5.19. The largest absolute Gasteiger partial charge is 0.442 e. The molecule has 0 fully saturated rings. The maximum atomic E-state index is 12.5. The molecule has 0 N–H and O–H groups in total. The van der Waals surface area contributed by atoms with Crippen LogP contribution in [0.4, 0.5) is 13.2 Å². The van der Waals surface area contributed by atoms with Gasteiger partial charge < -0.3 is 0 Å². The van der Waals surface area contributed by atoms with Crippen LogP contribution in [0.25, 0.3) is 0 Å². The molecule has 0 spiro atoms. The zero-order valence-corrected chi connectivity index (χ0v) is 11.7. The first-order valence-electron chi connectivity index (χ1n) is 6.17. The molecule has 1 aliphatic heterocycles. The average Bonchev–Trinajstić information content (AvgIpc) is 2.77. The summed E-state index contributed by atoms with van der Waals surface area (Å²) >= 11 is 0.0464. The molecule has 1 unspecified atom stereocenters. The van der Waals surface area contributed by atoms with E-state index in [9.17, 15) is 13.2 Å². The first kappa shape index (κ1) is 14.4. The molecule has 0 saturated heterocycles. The van der Waals surface area contributed by atoms with E-state index in [0.717, 1.165) is 17.7 Å². The molecule has 0 saturated carbocycles. The van der Waals surface area contributed by atoms with E-state index in [-0.39, 0.29) is 17.8 Å². The Morgan fingerprint density at radius 1 is 1.16 bits per heavy atom. The minimum absolute atomic E-state index is 0.0464. The number of alkyl halides is 3. The zero-order chi connectivity index (χ0) is 14.1. The summed E-state index contributed by atoms with van der Waals surface area (Å²) in [5, 5.41) is 0. The van der Waals surface area contributed by atoms with Crippen molar-refractivity contribution in [3.05, 3.63) is 35.9 Å². The van der Waals surface area contributed by atoms with Crippen molar-refractivity contribution >= 4 is 17.5 Å². The normalized spacial score (nSPS) is 20.5. The van der Waals surface area contributed by atoms with E-state index in [1.54, 1.807) is 13.8 Å². The summed E-state index contributed by atoms with van der Waals surface area (Å²) in [5.74, 6) is 0. The molecule has 1 aromatic carbocycles. The topological polar surface area (TPSA) is 12.4 Å². The lowest BCUT2D eigenvalue weighted by Crippen LogP contribution is -2.33. The molecule has 1 heterocycles. The first-order valence-corrected chi connectivity index (χ1v) is 6.98. The molecule has 1 nitrogen and oxygen atoms in total. The average molecular weight is 287 g/mol. The van der Waals surface area contributed by atoms with E-state index in [1.165, 1.54) is 0 Å². The monoisotopic (exact) mass is 287 g/mol. The molecule has 1 atom stereocenters. The highest BCUT2D eigenvalue weighted by Crippen LogP contribution is 2.45. The highest BCUT2D eigenvalue weighted by Gasteiger charge is 2.43. The summed E-state index contributed by atoms with van der Waals surface area (Å²) in [7, 11) is 0. The number of benzene rings is 1. The Kier molecular flexibility index (Phi) is 3.95. The van der Waals surface area contributed by atoms with Gasteiger partial charge in [-0.05, 0) is 44.0 Å². The molecule has 0 radical (unpaired) electrons. The maximum Gasteiger partial charge on any atom is 0.442 e. The van der Waals surface area contributed by atoms with Gasteiger partial charge in [-0.25, -0.2) is 0 Å². The molecule has 104 valence electrons. The van der Waals surface area contributed by atoms with Crippen LogP contribution < -0.4 is 0 Å². The highest BCUT2D eigenvalue weighted by molar-refractivity contribution is 8.01. The third kappa shape index (κ3) is 3.75. The third-order valence-electron chi connectivity index (χ3n) is 3.25. The van der Waals surface area contributed by atoms with Crippen molar-refractivity contribution in [1.29, 1.82) is 0 Å². The SMILES string of the molecule is CC(C)(SC(F)(F)F)C1CCC(c2ccccc2)=N1. The van der Waals surface area contributed by atoms with Gasteiger partial charge in [-0.1, -0.05) is 30.3 Å². The molecule has 0 bridgehead atoms. The molecule has 1 aromatic rings. The van der Waals surface area contributed by atoms with Gasteiger partial charge >= 0.3 is 5.51 Å². The third-order valence-corrected chi connectivity index (χ3v) is 4.28. The fraction of sp³-hybridized carbons (Fsp3) is 0.500. The minimum Gasteiger partial charge on any atom is -0.284 e. The van der Waals surface area contributed by atoms with E-state index < -0.39 is 10.3 Å². The van der Waals surface area contributed by atoms with Gasteiger partial charge in [0.1, 0.15) is 0 Å². The molecule has 5 heteroatoms. The molecular formula is C14H16F3NS. The van der Waals surface area contributed by atoms with Crippen molar-refractivity contribution in [2.75, 3.05) is 0 Å². The van der Waals surface area contributed by atoms with Gasteiger partial charge in [-0.15, -0.1) is 0 Å². The van der Waals surface area contributed by atoms with Crippen LogP contribution in [0.15, 0.2) is 35.3 Å². The number of nitrogens with zero attached hydrogens (tertiary/aromatic N) is 1. The Hall–Kier alpha value is -0.970. The molecule has 1 aliphatic rings. The highest BCUT2D eigenvalue weighted by atomic mass is 32.2. The number of thioether (sulfide) groups is 1. The Morgan fingerprint density at radius 2 is 1.79 bits per heavy atom. The molecule has 0 aromatic heterocycles. The Morgan fingerprint density at radius 3 is 2.37 bits per heavy atom. The predicted octanol–water partition coefficient (Wildman–Crippen LogP) is 4.67. The van der Waals surface area contributed by atoms with E-state index in [4.69, 9.17) is 0 Å². The van der Waals surface area contributed by atoms with Crippen LogP contribution >= 0.6 is 11.8 Å². The van der Waals surface area contributed by atoms with Crippen molar-refractivity contribution in [2.45, 2.75) is 43.0 Å². The Labute approximate surface area is 115 Å². The van der Waals surface area contributed by atoms with Gasteiger partial charge in [-0.3, -0.25) is 4.99 Å². The maximum absolute atomic E-state index is 12.5. The lowest BCUT2D eigenvalue weighted by molar-refractivity contribution is -0.0342. The Balaban J connectivity index is 2.14. The molecule has 0 amide bonds. The van der Waals surface area contributed by atoms with Crippen LogP contribution in [0.1, 0.15) is 32.3 Å². The van der Waals surface area contributed by atoms with E-state index in [1.807, 2.05) is 30.3 Å². The summed E-state index contributed by atoms with van der Waals surface area (Å²) in [6.45, 7) is 3.24. The van der Waals surface area contributed by atoms with Gasteiger partial charge in [0, 0.05) is 10.5 Å². The van der Waals surface area contributed by atoms with Crippen LogP contribution in [0.3, 0.4) is 0 Å². The number of halogens is 3. The van der Waals surface area contributed by atoms with Gasteiger partial charge in [0.05, 0.1) is 6.04 Å². The lowest BCUT2D eigenvalue weighted by atomic mass is 10.0. The summed E-state index contributed by atoms with van der Waals surface area (Å²) in [6.07, 6.45) is 1.43. The summed E-state index contributed by atoms with van der Waals surface area (Å²) in [5.41, 5.74) is -2.28. The van der Waals surface area contributed by atoms with Crippen LogP contribution in [0.5, 0.6) is 0 Å². The number of hydrogen-bond acceptors (Lipinski definition) is 2. The quantitative estimate of drug-likeness (QED) is 0.787. The molecule has 2 rings (SSSR count). The van der Waals surface area contributed by atoms with Crippen molar-refractivity contribution in [1.82, 2.24) is 0 Å². The predicted molar refractivity (Wildman–Crippen MR) is 73.7 cm³/mol. The van der Waals surface area contributed by atoms with Crippen molar-refractivity contribution in [2.24, 2.45) is 4.99 Å². The fourth-order valence-electron chi connectivity index (χ4n) is 2.31. The smallest absolute Gasteiger partial charge is 0.284 e. The van der Waals surface area contributed by atoms with Crippen molar-refractivity contribution in [3.63, 3.8) is 0 Å². The van der Waals surface area contributed by atoms with E-state index in [0.29, 0.717) is 6.42 Å². The van der Waals surface area contributed by atoms with E-state index >= 15 is 0 Å². The fourth-order valence-corrected chi connectivity index (χ4v) is 3.21. The van der Waals surface area contributed by atoms with Crippen molar-refractivity contribution < 1.29 is 13.2 Å². The summed E-state index contributed by atoms with van der Waals surface area (Å²) in [6, 6.07) is 9.37. The van der Waals surface area contributed by atoms with Gasteiger partial charge in [0.25, 0.3) is 0 Å². The van der Waals surface area contributed by atoms with Crippen LogP contribution in [-0.2, 0) is 0 Å². The lowest BCUT2D eigenvalue weighted by Gasteiger charge is -2.29.